The summed E-state index contributed by atoms with van der Waals surface area (Å²) in [6.07, 6.45) is 3.15. The minimum Gasteiger partial charge on any atom is -0.274 e. The number of sulfonamides is 1. The fraction of sp³-hybridized carbons (Fsp3) is 0.118. The Hall–Kier alpha value is -3.22. The average Bonchev–Trinajstić information content (AvgIpc) is 3.14. The molecule has 1 heterocycles. The molecular formula is C17H16N6O2S. The van der Waals surface area contributed by atoms with Crippen molar-refractivity contribution >= 4 is 15.7 Å². The maximum atomic E-state index is 11.2. The van der Waals surface area contributed by atoms with Gasteiger partial charge < -0.3 is 0 Å². The number of hydrogen-bond acceptors (Lipinski definition) is 6. The van der Waals surface area contributed by atoms with Crippen LogP contribution in [0.3, 0.4) is 0 Å². The van der Waals surface area contributed by atoms with E-state index < -0.39 is 10.0 Å². The maximum Gasteiger partial charge on any atom is 0.213 e. The summed E-state index contributed by atoms with van der Waals surface area (Å²) in [7, 11) is -3.56. The quantitative estimate of drug-likeness (QED) is 0.703. The van der Waals surface area contributed by atoms with Gasteiger partial charge in [-0.1, -0.05) is 24.3 Å². The number of rotatable bonds is 6. The lowest BCUT2D eigenvalue weighted by molar-refractivity contribution is 0.597. The first-order valence-electron chi connectivity index (χ1n) is 7.65. The number of nitrogens with zero attached hydrogens (tertiary/aromatic N) is 5. The lowest BCUT2D eigenvalue weighted by atomic mass is 10.1. The van der Waals surface area contributed by atoms with Crippen LogP contribution in [-0.4, -0.2) is 23.3 Å². The van der Waals surface area contributed by atoms with Crippen LogP contribution in [-0.2, 0) is 22.3 Å². The zero-order valence-corrected chi connectivity index (χ0v) is 14.5. The lowest BCUT2D eigenvalue weighted by Crippen LogP contribution is -2.27. The summed E-state index contributed by atoms with van der Waals surface area (Å²) >= 11 is 0. The van der Waals surface area contributed by atoms with E-state index in [1.54, 1.807) is 41.6 Å². The van der Waals surface area contributed by atoms with E-state index in [1.807, 2.05) is 29.3 Å². The smallest absolute Gasteiger partial charge is 0.213 e. The van der Waals surface area contributed by atoms with Gasteiger partial charge in [0.15, 0.2) is 0 Å². The van der Waals surface area contributed by atoms with Crippen molar-refractivity contribution < 1.29 is 8.42 Å². The van der Waals surface area contributed by atoms with Gasteiger partial charge in [0.05, 0.1) is 29.6 Å². The van der Waals surface area contributed by atoms with E-state index in [2.05, 4.69) is 16.3 Å². The number of benzene rings is 2. The zero-order valence-electron chi connectivity index (χ0n) is 13.7. The summed E-state index contributed by atoms with van der Waals surface area (Å²) in [4.78, 5) is 0. The Morgan fingerprint density at radius 2 is 1.58 bits per heavy atom. The highest BCUT2D eigenvalue weighted by atomic mass is 32.2. The zero-order chi connectivity index (χ0) is 18.6. The Labute approximate surface area is 151 Å². The molecule has 1 aromatic heterocycles. The molecule has 0 radical (unpaired) electrons. The number of anilines is 1. The molecule has 26 heavy (non-hydrogen) atoms. The number of aromatic nitrogens is 3. The molecule has 0 unspecified atom stereocenters. The topological polar surface area (TPSA) is 118 Å². The molecule has 0 aliphatic heterocycles. The normalized spacial score (nSPS) is 11.1. The van der Waals surface area contributed by atoms with E-state index in [0.717, 1.165) is 11.3 Å². The molecule has 0 aliphatic carbocycles. The summed E-state index contributed by atoms with van der Waals surface area (Å²) < 4.78 is 24.1. The molecule has 0 atom stereocenters. The van der Waals surface area contributed by atoms with Crippen molar-refractivity contribution in [2.45, 2.75) is 12.3 Å². The highest BCUT2D eigenvalue weighted by Gasteiger charge is 2.11. The monoisotopic (exact) mass is 368 g/mol. The molecule has 0 saturated heterocycles. The Balaban J connectivity index is 1.85. The van der Waals surface area contributed by atoms with Crippen LogP contribution in [0.1, 0.15) is 16.7 Å². The summed E-state index contributed by atoms with van der Waals surface area (Å²) in [6.45, 7) is 0.500. The molecule has 0 saturated carbocycles. The molecule has 8 nitrogen and oxygen atoms in total. The number of hydrogen-bond donors (Lipinski definition) is 1. The Morgan fingerprint density at radius 1 is 1.00 bits per heavy atom. The molecule has 2 N–H and O–H groups in total. The first kappa shape index (κ1) is 17.6. The van der Waals surface area contributed by atoms with Crippen LogP contribution in [0.25, 0.3) is 0 Å². The molecule has 0 bridgehead atoms. The van der Waals surface area contributed by atoms with E-state index in [1.165, 1.54) is 0 Å². The van der Waals surface area contributed by atoms with Gasteiger partial charge in [0, 0.05) is 0 Å². The summed E-state index contributed by atoms with van der Waals surface area (Å²) in [5.41, 5.74) is 3.02. The minimum absolute atomic E-state index is 0.196. The third-order valence-electron chi connectivity index (χ3n) is 3.70. The van der Waals surface area contributed by atoms with Crippen molar-refractivity contribution in [2.24, 2.45) is 5.14 Å². The average molecular weight is 368 g/mol. The van der Waals surface area contributed by atoms with Crippen molar-refractivity contribution in [3.63, 3.8) is 0 Å². The molecule has 132 valence electrons. The van der Waals surface area contributed by atoms with Crippen LogP contribution >= 0.6 is 0 Å². The van der Waals surface area contributed by atoms with Gasteiger partial charge in [-0.3, -0.25) is 5.01 Å². The van der Waals surface area contributed by atoms with Crippen LogP contribution in [0.15, 0.2) is 61.2 Å². The Morgan fingerprint density at radius 3 is 2.12 bits per heavy atom. The van der Waals surface area contributed by atoms with Crippen molar-refractivity contribution in [3.8, 4) is 6.07 Å². The highest BCUT2D eigenvalue weighted by molar-refractivity contribution is 7.88. The summed E-state index contributed by atoms with van der Waals surface area (Å²) in [5, 5.41) is 23.6. The fourth-order valence-electron chi connectivity index (χ4n) is 2.48. The second-order valence-electron chi connectivity index (χ2n) is 5.68. The van der Waals surface area contributed by atoms with Gasteiger partial charge >= 0.3 is 0 Å². The Bertz CT molecular complexity index is 1010. The number of nitriles is 1. The third kappa shape index (κ3) is 4.44. The van der Waals surface area contributed by atoms with Gasteiger partial charge in [-0.05, 0) is 35.4 Å². The molecular weight excluding hydrogens is 352 g/mol. The van der Waals surface area contributed by atoms with Gasteiger partial charge in [0.1, 0.15) is 12.7 Å². The van der Waals surface area contributed by atoms with Gasteiger partial charge in [-0.2, -0.15) is 5.26 Å². The van der Waals surface area contributed by atoms with Crippen LogP contribution in [0.5, 0.6) is 0 Å². The van der Waals surface area contributed by atoms with Gasteiger partial charge in [0.2, 0.25) is 10.0 Å². The molecule has 0 aliphatic rings. The van der Waals surface area contributed by atoms with Crippen LogP contribution < -0.4 is 10.1 Å². The number of primary sulfonamides is 1. The van der Waals surface area contributed by atoms with Crippen molar-refractivity contribution in [1.82, 2.24) is 14.9 Å². The minimum atomic E-state index is -3.56. The molecule has 0 spiro atoms. The highest BCUT2D eigenvalue weighted by Crippen LogP contribution is 2.19. The van der Waals surface area contributed by atoms with E-state index >= 15 is 0 Å². The predicted molar refractivity (Wildman–Crippen MR) is 96.0 cm³/mol. The second kappa shape index (κ2) is 7.35. The first-order chi connectivity index (χ1) is 12.4. The van der Waals surface area contributed by atoms with Gasteiger partial charge in [-0.25, -0.2) is 18.2 Å². The largest absolute Gasteiger partial charge is 0.274 e. The molecule has 0 amide bonds. The van der Waals surface area contributed by atoms with Crippen LogP contribution in [0, 0.1) is 11.3 Å². The van der Waals surface area contributed by atoms with Crippen molar-refractivity contribution in [1.29, 1.82) is 5.26 Å². The maximum absolute atomic E-state index is 11.2. The predicted octanol–water partition coefficient (Wildman–Crippen LogP) is 1.41. The fourth-order valence-corrected chi connectivity index (χ4v) is 3.14. The van der Waals surface area contributed by atoms with Crippen LogP contribution in [0.4, 0.5) is 5.69 Å². The van der Waals surface area contributed by atoms with E-state index in [-0.39, 0.29) is 5.75 Å². The number of nitrogens with two attached hydrogens (primary N) is 1. The second-order valence-corrected chi connectivity index (χ2v) is 7.30. The molecule has 2 aromatic carbocycles. The molecule has 9 heteroatoms. The summed E-state index contributed by atoms with van der Waals surface area (Å²) in [5.74, 6) is -0.196. The standard InChI is InChI=1S/C17H16N6O2S/c18-9-14-5-7-17(8-6-14)23(22-12-20-21-13-22)10-15-1-3-16(4-2-15)11-26(19,24)25/h1-8,12-13H,10-11H2,(H2,19,24,25). The van der Waals surface area contributed by atoms with E-state index in [9.17, 15) is 8.42 Å². The van der Waals surface area contributed by atoms with Crippen molar-refractivity contribution in [3.05, 3.63) is 77.9 Å². The third-order valence-corrected chi connectivity index (χ3v) is 4.44. The molecule has 3 aromatic rings. The Kier molecular flexibility index (Phi) is 4.97. The molecule has 3 rings (SSSR count). The van der Waals surface area contributed by atoms with Crippen molar-refractivity contribution in [2.75, 3.05) is 5.01 Å². The first-order valence-corrected chi connectivity index (χ1v) is 9.37. The van der Waals surface area contributed by atoms with Gasteiger partial charge in [-0.15, -0.1) is 10.2 Å². The summed E-state index contributed by atoms with van der Waals surface area (Å²) in [6, 6.07) is 16.4. The molecule has 0 fully saturated rings. The van der Waals surface area contributed by atoms with Crippen LogP contribution in [0.2, 0.25) is 0 Å². The van der Waals surface area contributed by atoms with E-state index in [4.69, 9.17) is 10.4 Å². The van der Waals surface area contributed by atoms with E-state index in [0.29, 0.717) is 17.7 Å². The SMILES string of the molecule is N#Cc1ccc(N(Cc2ccc(CS(N)(=O)=O)cc2)n2cnnc2)cc1. The lowest BCUT2D eigenvalue weighted by Gasteiger charge is -2.25. The van der Waals surface area contributed by atoms with Gasteiger partial charge in [0.25, 0.3) is 0 Å².